The van der Waals surface area contributed by atoms with Crippen molar-refractivity contribution >= 4 is 52.2 Å². The van der Waals surface area contributed by atoms with Crippen LogP contribution in [0.3, 0.4) is 0 Å². The average Bonchev–Trinajstić information content (AvgIpc) is 3.20. The number of ether oxygens (including phenoxy) is 1. The van der Waals surface area contributed by atoms with Crippen LogP contribution in [0.5, 0.6) is 0 Å². The summed E-state index contributed by atoms with van der Waals surface area (Å²) >= 11 is 12.0. The van der Waals surface area contributed by atoms with E-state index in [9.17, 15) is 9.59 Å². The predicted octanol–water partition coefficient (Wildman–Crippen LogP) is 5.52. The molecule has 0 saturated heterocycles. The summed E-state index contributed by atoms with van der Waals surface area (Å²) in [5, 5.41) is 10.5. The summed E-state index contributed by atoms with van der Waals surface area (Å²) in [5.74, 6) is -0.486. The Balaban J connectivity index is 1.58. The number of urea groups is 1. The zero-order chi connectivity index (χ0) is 22.7. The number of esters is 1. The molecule has 0 radical (unpaired) electrons. The first-order valence-corrected chi connectivity index (χ1v) is 10.3. The maximum absolute atomic E-state index is 12.4. The third-order valence-corrected chi connectivity index (χ3v) is 5.04. The van der Waals surface area contributed by atoms with E-state index in [0.29, 0.717) is 32.8 Å². The van der Waals surface area contributed by atoms with Crippen molar-refractivity contribution in [3.63, 3.8) is 0 Å². The standard InChI is InChI=1S/C22H17Cl2N5O3/c1-2-32-21(30)16-12-26-29-19(8-9-25-20(16)29)13-4-3-5-15(10-13)27-22(31)28-18-7-6-14(23)11-17(18)24/h3-12H,2H2,1H3,(H2,27,28,31). The molecule has 2 N–H and O–H groups in total. The second-order valence-corrected chi connectivity index (χ2v) is 7.47. The minimum atomic E-state index is -0.486. The first-order chi connectivity index (χ1) is 15.5. The minimum Gasteiger partial charge on any atom is -0.462 e. The SMILES string of the molecule is CCOC(=O)c1cnn2c(-c3cccc(NC(=O)Nc4ccc(Cl)cc4Cl)c3)ccnc12. The van der Waals surface area contributed by atoms with Gasteiger partial charge in [0.2, 0.25) is 0 Å². The predicted molar refractivity (Wildman–Crippen MR) is 123 cm³/mol. The Labute approximate surface area is 193 Å². The fourth-order valence-electron chi connectivity index (χ4n) is 3.09. The number of carbonyl (C=O) groups is 2. The molecular weight excluding hydrogens is 453 g/mol. The molecule has 0 fully saturated rings. The molecule has 2 aromatic carbocycles. The number of halogens is 2. The van der Waals surface area contributed by atoms with Gasteiger partial charge in [0, 0.05) is 22.5 Å². The van der Waals surface area contributed by atoms with E-state index in [0.717, 1.165) is 5.56 Å². The van der Waals surface area contributed by atoms with E-state index in [-0.39, 0.29) is 12.2 Å². The average molecular weight is 470 g/mol. The monoisotopic (exact) mass is 469 g/mol. The number of nitrogens with one attached hydrogen (secondary N) is 2. The Hall–Kier alpha value is -3.62. The van der Waals surface area contributed by atoms with Crippen molar-refractivity contribution in [2.24, 2.45) is 0 Å². The number of amides is 2. The van der Waals surface area contributed by atoms with Gasteiger partial charge in [-0.2, -0.15) is 5.10 Å². The molecular formula is C22H17Cl2N5O3. The highest BCUT2D eigenvalue weighted by Gasteiger charge is 2.17. The van der Waals surface area contributed by atoms with Crippen LogP contribution in [0.2, 0.25) is 10.0 Å². The second kappa shape index (κ2) is 9.25. The Bertz CT molecular complexity index is 1320. The highest BCUT2D eigenvalue weighted by atomic mass is 35.5. The maximum Gasteiger partial charge on any atom is 0.343 e. The van der Waals surface area contributed by atoms with Crippen molar-refractivity contribution < 1.29 is 14.3 Å². The third kappa shape index (κ3) is 4.51. The van der Waals surface area contributed by atoms with Crippen LogP contribution in [-0.2, 0) is 4.74 Å². The zero-order valence-corrected chi connectivity index (χ0v) is 18.3. The van der Waals surface area contributed by atoms with Gasteiger partial charge in [-0.05, 0) is 43.3 Å². The van der Waals surface area contributed by atoms with Crippen molar-refractivity contribution in [2.75, 3.05) is 17.2 Å². The van der Waals surface area contributed by atoms with Gasteiger partial charge in [-0.1, -0.05) is 35.3 Å². The van der Waals surface area contributed by atoms with Gasteiger partial charge >= 0.3 is 12.0 Å². The summed E-state index contributed by atoms with van der Waals surface area (Å²) in [6, 6.07) is 13.3. The third-order valence-electron chi connectivity index (χ3n) is 4.49. The molecule has 0 unspecified atom stereocenters. The fourth-order valence-corrected chi connectivity index (χ4v) is 3.55. The number of nitrogens with zero attached hydrogens (tertiary/aromatic N) is 3. The zero-order valence-electron chi connectivity index (χ0n) is 16.8. The van der Waals surface area contributed by atoms with E-state index < -0.39 is 12.0 Å². The number of fused-ring (bicyclic) bond motifs is 1. The summed E-state index contributed by atoms with van der Waals surface area (Å²) < 4.78 is 6.62. The van der Waals surface area contributed by atoms with Gasteiger partial charge in [-0.25, -0.2) is 19.1 Å². The van der Waals surface area contributed by atoms with E-state index >= 15 is 0 Å². The van der Waals surface area contributed by atoms with Crippen molar-refractivity contribution in [3.05, 3.63) is 76.5 Å². The Morgan fingerprint density at radius 1 is 1.09 bits per heavy atom. The van der Waals surface area contributed by atoms with E-state index in [2.05, 4.69) is 20.7 Å². The highest BCUT2D eigenvalue weighted by molar-refractivity contribution is 6.36. The number of benzene rings is 2. The summed E-state index contributed by atoms with van der Waals surface area (Å²) in [6.45, 7) is 1.99. The Morgan fingerprint density at radius 3 is 2.72 bits per heavy atom. The van der Waals surface area contributed by atoms with Crippen LogP contribution < -0.4 is 10.6 Å². The molecule has 4 rings (SSSR count). The largest absolute Gasteiger partial charge is 0.462 e. The van der Waals surface area contributed by atoms with Crippen LogP contribution >= 0.6 is 23.2 Å². The maximum atomic E-state index is 12.4. The first-order valence-electron chi connectivity index (χ1n) is 9.59. The van der Waals surface area contributed by atoms with Gasteiger partial charge in [0.05, 0.1) is 29.2 Å². The molecule has 0 saturated carbocycles. The molecule has 32 heavy (non-hydrogen) atoms. The molecule has 0 bridgehead atoms. The lowest BCUT2D eigenvalue weighted by Gasteiger charge is -2.11. The van der Waals surface area contributed by atoms with Gasteiger partial charge in [0.25, 0.3) is 0 Å². The number of aromatic nitrogens is 3. The first kappa shape index (κ1) is 21.6. The van der Waals surface area contributed by atoms with E-state index in [4.69, 9.17) is 27.9 Å². The van der Waals surface area contributed by atoms with Gasteiger partial charge in [0.1, 0.15) is 5.56 Å². The van der Waals surface area contributed by atoms with Crippen LogP contribution in [-0.4, -0.2) is 33.2 Å². The van der Waals surface area contributed by atoms with Crippen molar-refractivity contribution in [1.29, 1.82) is 0 Å². The topological polar surface area (TPSA) is 97.6 Å². The summed E-state index contributed by atoms with van der Waals surface area (Å²) in [5.41, 5.74) is 3.10. The summed E-state index contributed by atoms with van der Waals surface area (Å²) in [7, 11) is 0. The molecule has 2 heterocycles. The Kier molecular flexibility index (Phi) is 6.25. The van der Waals surface area contributed by atoms with Gasteiger partial charge < -0.3 is 15.4 Å². The number of carbonyl (C=O) groups excluding carboxylic acids is 2. The van der Waals surface area contributed by atoms with Gasteiger partial charge in [-0.15, -0.1) is 0 Å². The molecule has 2 aromatic heterocycles. The van der Waals surface area contributed by atoms with Crippen LogP contribution in [0, 0.1) is 0 Å². The molecule has 10 heteroatoms. The quantitative estimate of drug-likeness (QED) is 0.374. The number of hydrogen-bond acceptors (Lipinski definition) is 5. The fraction of sp³-hybridized carbons (Fsp3) is 0.0909. The number of rotatable bonds is 5. The lowest BCUT2D eigenvalue weighted by Crippen LogP contribution is -2.19. The van der Waals surface area contributed by atoms with Crippen LogP contribution in [0.15, 0.2) is 60.9 Å². The van der Waals surface area contributed by atoms with Gasteiger partial charge in [0.15, 0.2) is 5.65 Å². The van der Waals surface area contributed by atoms with Crippen LogP contribution in [0.1, 0.15) is 17.3 Å². The van der Waals surface area contributed by atoms with Crippen LogP contribution in [0.25, 0.3) is 16.9 Å². The Morgan fingerprint density at radius 2 is 1.94 bits per heavy atom. The second-order valence-electron chi connectivity index (χ2n) is 6.63. The molecule has 0 aliphatic carbocycles. The van der Waals surface area contributed by atoms with Crippen LogP contribution in [0.4, 0.5) is 16.2 Å². The lowest BCUT2D eigenvalue weighted by atomic mass is 10.1. The summed E-state index contributed by atoms with van der Waals surface area (Å²) in [4.78, 5) is 28.8. The summed E-state index contributed by atoms with van der Waals surface area (Å²) in [6.07, 6.45) is 3.01. The molecule has 8 nitrogen and oxygen atoms in total. The molecule has 0 atom stereocenters. The molecule has 4 aromatic rings. The highest BCUT2D eigenvalue weighted by Crippen LogP contribution is 2.27. The molecule has 0 aliphatic rings. The molecule has 2 amide bonds. The lowest BCUT2D eigenvalue weighted by molar-refractivity contribution is 0.0528. The minimum absolute atomic E-state index is 0.257. The smallest absolute Gasteiger partial charge is 0.343 e. The van der Waals surface area contributed by atoms with E-state index in [1.165, 1.54) is 6.20 Å². The molecule has 0 aliphatic heterocycles. The molecule has 162 valence electrons. The van der Waals surface area contributed by atoms with Crippen molar-refractivity contribution in [2.45, 2.75) is 6.92 Å². The van der Waals surface area contributed by atoms with E-state index in [1.807, 2.05) is 6.07 Å². The van der Waals surface area contributed by atoms with Gasteiger partial charge in [-0.3, -0.25) is 0 Å². The molecule has 0 spiro atoms. The van der Waals surface area contributed by atoms with Crippen molar-refractivity contribution in [1.82, 2.24) is 14.6 Å². The number of hydrogen-bond donors (Lipinski definition) is 2. The van der Waals surface area contributed by atoms with Crippen molar-refractivity contribution in [3.8, 4) is 11.3 Å². The number of anilines is 2. The normalized spacial score (nSPS) is 10.7. The van der Waals surface area contributed by atoms with E-state index in [1.54, 1.807) is 60.1 Å².